The highest BCUT2D eigenvalue weighted by molar-refractivity contribution is 5.85. The van der Waals surface area contributed by atoms with E-state index in [2.05, 4.69) is 16.9 Å². The first-order valence-electron chi connectivity index (χ1n) is 7.65. The number of ether oxygens (including phenoxy) is 1. The molecule has 1 saturated heterocycles. The molecule has 120 valence electrons. The number of carbonyl (C=O) groups is 1. The lowest BCUT2D eigenvalue weighted by molar-refractivity contribution is -0.165. The molecule has 1 saturated carbocycles. The summed E-state index contributed by atoms with van der Waals surface area (Å²) in [5.74, 6) is -0.900. The molecule has 3 rings (SSSR count). The van der Waals surface area contributed by atoms with Crippen molar-refractivity contribution < 1.29 is 19.7 Å². The summed E-state index contributed by atoms with van der Waals surface area (Å²) in [5.41, 5.74) is 6.54. The lowest BCUT2D eigenvalue weighted by atomic mass is 9.57. The predicted octanol–water partition coefficient (Wildman–Crippen LogP) is 1.98. The van der Waals surface area contributed by atoms with E-state index in [0.717, 1.165) is 30.4 Å². The summed E-state index contributed by atoms with van der Waals surface area (Å²) >= 11 is 0. The Kier molecular flexibility index (Phi) is 3.29. The fourth-order valence-corrected chi connectivity index (χ4v) is 4.46. The molecule has 0 bridgehead atoms. The molecule has 2 N–H and O–H groups in total. The monoisotopic (exact) mass is 307 g/mol. The lowest BCUT2D eigenvalue weighted by Crippen LogP contribution is -2.63. The Balaban J connectivity index is 2.10. The molecule has 1 aliphatic heterocycles. The van der Waals surface area contributed by atoms with Gasteiger partial charge in [0.15, 0.2) is 6.10 Å². The number of carbonyl (C=O) groups excluding carboxylic acids is 1. The minimum atomic E-state index is -2.17. The SMILES string of the molecule is CC1=C2[C@@H]3OC(=O)C(O)(CN=[N+]=[N-])C3(O)CC[C@@]2(C)CCC1. The molecule has 0 aromatic rings. The van der Waals surface area contributed by atoms with Crippen LogP contribution in [0, 0.1) is 5.41 Å². The number of nitrogens with zero attached hydrogens (tertiary/aromatic N) is 3. The minimum absolute atomic E-state index is 0.108. The molecule has 2 fully saturated rings. The molecule has 7 heteroatoms. The van der Waals surface area contributed by atoms with Crippen LogP contribution in [-0.4, -0.2) is 40.0 Å². The number of rotatable bonds is 2. The molecule has 22 heavy (non-hydrogen) atoms. The van der Waals surface area contributed by atoms with Crippen LogP contribution < -0.4 is 0 Å². The molecule has 3 aliphatic rings. The van der Waals surface area contributed by atoms with Gasteiger partial charge in [-0.05, 0) is 55.5 Å². The van der Waals surface area contributed by atoms with E-state index in [1.165, 1.54) is 0 Å². The first-order chi connectivity index (χ1) is 10.3. The first kappa shape index (κ1) is 15.3. The van der Waals surface area contributed by atoms with Gasteiger partial charge >= 0.3 is 5.97 Å². The van der Waals surface area contributed by atoms with Crippen LogP contribution in [0.15, 0.2) is 16.3 Å². The average Bonchev–Trinajstić information content (AvgIpc) is 2.66. The molecule has 7 nitrogen and oxygen atoms in total. The number of allylic oxidation sites excluding steroid dienone is 1. The van der Waals surface area contributed by atoms with Crippen molar-refractivity contribution in [1.29, 1.82) is 0 Å². The smallest absolute Gasteiger partial charge is 0.342 e. The summed E-state index contributed by atoms with van der Waals surface area (Å²) in [7, 11) is 0. The van der Waals surface area contributed by atoms with Crippen LogP contribution in [0.3, 0.4) is 0 Å². The third-order valence-corrected chi connectivity index (χ3v) is 5.79. The summed E-state index contributed by atoms with van der Waals surface area (Å²) in [4.78, 5) is 14.8. The van der Waals surface area contributed by atoms with Crippen molar-refractivity contribution in [3.8, 4) is 0 Å². The van der Waals surface area contributed by atoms with Crippen LogP contribution in [0.4, 0.5) is 0 Å². The van der Waals surface area contributed by atoms with Gasteiger partial charge in [0.1, 0.15) is 5.60 Å². The van der Waals surface area contributed by atoms with E-state index >= 15 is 0 Å². The van der Waals surface area contributed by atoms with Crippen LogP contribution in [-0.2, 0) is 9.53 Å². The molecule has 0 spiro atoms. The maximum absolute atomic E-state index is 12.2. The highest BCUT2D eigenvalue weighted by Crippen LogP contribution is 2.58. The van der Waals surface area contributed by atoms with E-state index in [0.29, 0.717) is 6.42 Å². The minimum Gasteiger partial charge on any atom is -0.452 e. The number of azide groups is 1. The Labute approximate surface area is 128 Å². The van der Waals surface area contributed by atoms with Gasteiger partial charge in [0.25, 0.3) is 0 Å². The Bertz CT molecular complexity index is 612. The number of hydrogen-bond acceptors (Lipinski definition) is 5. The van der Waals surface area contributed by atoms with Crippen molar-refractivity contribution in [2.45, 2.75) is 63.3 Å². The standard InChI is InChI=1S/C15H21N3O4/c1-9-4-3-5-13(2)6-7-14(20)11(10(9)13)22-12(19)15(14,21)8-17-18-16/h11,20-21H,3-8H2,1-2H3/t11-,13+,14?,15?/m0/s1. The molecule has 0 radical (unpaired) electrons. The number of fused-ring (bicyclic) bond motifs is 3. The summed E-state index contributed by atoms with van der Waals surface area (Å²) in [5, 5.41) is 25.1. The average molecular weight is 307 g/mol. The summed E-state index contributed by atoms with van der Waals surface area (Å²) in [6.07, 6.45) is 3.03. The molecule has 0 aromatic heterocycles. The second-order valence-electron chi connectivity index (χ2n) is 7.07. The van der Waals surface area contributed by atoms with Crippen LogP contribution in [0.25, 0.3) is 10.4 Å². The van der Waals surface area contributed by atoms with E-state index < -0.39 is 29.8 Å². The van der Waals surface area contributed by atoms with E-state index in [1.807, 2.05) is 6.92 Å². The second-order valence-corrected chi connectivity index (χ2v) is 7.07. The molecule has 2 aliphatic carbocycles. The second kappa shape index (κ2) is 4.72. The third-order valence-electron chi connectivity index (χ3n) is 5.79. The molecule has 0 aromatic carbocycles. The van der Waals surface area contributed by atoms with E-state index in [4.69, 9.17) is 10.3 Å². The van der Waals surface area contributed by atoms with Gasteiger partial charge in [-0.25, -0.2) is 4.79 Å². The van der Waals surface area contributed by atoms with Crippen LogP contribution in [0.1, 0.15) is 46.0 Å². The van der Waals surface area contributed by atoms with Gasteiger partial charge in [0, 0.05) is 4.91 Å². The summed E-state index contributed by atoms with van der Waals surface area (Å²) < 4.78 is 5.41. The molecular weight excluding hydrogens is 286 g/mol. The van der Waals surface area contributed by atoms with Gasteiger partial charge in [-0.2, -0.15) is 0 Å². The normalized spacial score (nSPS) is 44.0. The summed E-state index contributed by atoms with van der Waals surface area (Å²) in [6.45, 7) is 3.61. The van der Waals surface area contributed by atoms with E-state index in [-0.39, 0.29) is 11.8 Å². The maximum Gasteiger partial charge on any atom is 0.342 e. The molecule has 4 atom stereocenters. The largest absolute Gasteiger partial charge is 0.452 e. The zero-order valence-electron chi connectivity index (χ0n) is 12.9. The number of aliphatic hydroxyl groups is 2. The maximum atomic E-state index is 12.2. The Morgan fingerprint density at radius 1 is 1.41 bits per heavy atom. The first-order valence-corrected chi connectivity index (χ1v) is 7.65. The highest BCUT2D eigenvalue weighted by atomic mass is 16.6. The van der Waals surface area contributed by atoms with Gasteiger partial charge in [-0.15, -0.1) is 0 Å². The lowest BCUT2D eigenvalue weighted by Gasteiger charge is -2.50. The van der Waals surface area contributed by atoms with Crippen molar-refractivity contribution in [2.24, 2.45) is 10.5 Å². The van der Waals surface area contributed by atoms with Crippen molar-refractivity contribution in [1.82, 2.24) is 0 Å². The van der Waals surface area contributed by atoms with Crippen molar-refractivity contribution in [3.05, 3.63) is 21.6 Å². The van der Waals surface area contributed by atoms with E-state index in [9.17, 15) is 15.0 Å². The van der Waals surface area contributed by atoms with Crippen molar-refractivity contribution >= 4 is 5.97 Å². The van der Waals surface area contributed by atoms with Crippen LogP contribution in [0.2, 0.25) is 0 Å². The fraction of sp³-hybridized carbons (Fsp3) is 0.800. The van der Waals surface area contributed by atoms with Crippen LogP contribution in [0.5, 0.6) is 0 Å². The van der Waals surface area contributed by atoms with Crippen molar-refractivity contribution in [3.63, 3.8) is 0 Å². The van der Waals surface area contributed by atoms with Crippen LogP contribution >= 0.6 is 0 Å². The highest BCUT2D eigenvalue weighted by Gasteiger charge is 2.70. The Morgan fingerprint density at radius 2 is 2.14 bits per heavy atom. The Morgan fingerprint density at radius 3 is 2.82 bits per heavy atom. The quantitative estimate of drug-likeness (QED) is 0.267. The Hall–Kier alpha value is -1.56. The van der Waals surface area contributed by atoms with Gasteiger partial charge < -0.3 is 14.9 Å². The predicted molar refractivity (Wildman–Crippen MR) is 77.7 cm³/mol. The zero-order valence-corrected chi connectivity index (χ0v) is 12.9. The van der Waals surface area contributed by atoms with Gasteiger partial charge in [0.2, 0.25) is 5.60 Å². The fourth-order valence-electron chi connectivity index (χ4n) is 4.46. The van der Waals surface area contributed by atoms with Gasteiger partial charge in [-0.3, -0.25) is 0 Å². The third kappa shape index (κ3) is 1.76. The number of hydrogen-bond donors (Lipinski definition) is 2. The van der Waals surface area contributed by atoms with Gasteiger partial charge in [-0.1, -0.05) is 17.6 Å². The van der Waals surface area contributed by atoms with E-state index in [1.54, 1.807) is 0 Å². The number of esters is 1. The topological polar surface area (TPSA) is 116 Å². The van der Waals surface area contributed by atoms with Crippen molar-refractivity contribution in [2.75, 3.05) is 6.54 Å². The van der Waals surface area contributed by atoms with Gasteiger partial charge in [0.05, 0.1) is 6.54 Å². The molecule has 1 heterocycles. The molecule has 2 unspecified atom stereocenters. The zero-order chi connectivity index (χ0) is 16.2. The molecule has 0 amide bonds. The molecular formula is C15H21N3O4. The summed E-state index contributed by atoms with van der Waals surface area (Å²) in [6, 6.07) is 0.